The van der Waals surface area contributed by atoms with E-state index in [4.69, 9.17) is 9.15 Å². The summed E-state index contributed by atoms with van der Waals surface area (Å²) >= 11 is 1.41. The Labute approximate surface area is 201 Å². The quantitative estimate of drug-likeness (QED) is 0.282. The summed E-state index contributed by atoms with van der Waals surface area (Å²) in [6.45, 7) is 0.759. The van der Waals surface area contributed by atoms with Crippen LogP contribution in [0.5, 0.6) is 5.75 Å². The molecule has 0 saturated carbocycles. The summed E-state index contributed by atoms with van der Waals surface area (Å²) in [6, 6.07) is 25.6. The van der Waals surface area contributed by atoms with Gasteiger partial charge in [0.05, 0.1) is 24.1 Å². The first-order valence-electron chi connectivity index (χ1n) is 10.8. The average molecular weight is 470 g/mol. The van der Waals surface area contributed by atoms with Gasteiger partial charge in [-0.1, -0.05) is 42.5 Å². The fraction of sp³-hybridized carbons (Fsp3) is 0.111. The first kappa shape index (κ1) is 21.7. The molecule has 0 bridgehead atoms. The molecule has 0 unspecified atom stereocenters. The van der Waals surface area contributed by atoms with Gasteiger partial charge in [0.15, 0.2) is 5.13 Å². The number of para-hydroxylation sites is 2. The van der Waals surface area contributed by atoms with Crippen molar-refractivity contribution in [2.75, 3.05) is 24.4 Å². The zero-order valence-corrected chi connectivity index (χ0v) is 19.6. The van der Waals surface area contributed by atoms with Crippen molar-refractivity contribution in [3.8, 4) is 17.0 Å². The van der Waals surface area contributed by atoms with Crippen LogP contribution in [-0.4, -0.2) is 19.1 Å². The highest BCUT2D eigenvalue weighted by Gasteiger charge is 2.14. The number of thiazole rings is 1. The van der Waals surface area contributed by atoms with Crippen LogP contribution in [0.1, 0.15) is 5.56 Å². The number of hydrogen-bond acceptors (Lipinski definition) is 7. The molecule has 3 aromatic carbocycles. The third-order valence-corrected chi connectivity index (χ3v) is 6.31. The van der Waals surface area contributed by atoms with E-state index in [0.717, 1.165) is 29.1 Å². The zero-order valence-electron chi connectivity index (χ0n) is 18.8. The van der Waals surface area contributed by atoms with Gasteiger partial charge < -0.3 is 19.4 Å². The number of anilines is 3. The third kappa shape index (κ3) is 4.51. The molecule has 0 atom stereocenters. The molecule has 0 saturated heterocycles. The SMILES string of the molecule is COc1ccccc1Nc1nc(-c2cc3ccc(N(C)Cc4ccccc4)cc3oc2=O)cs1. The van der Waals surface area contributed by atoms with Crippen LogP contribution >= 0.6 is 11.3 Å². The van der Waals surface area contributed by atoms with Gasteiger partial charge in [0.25, 0.3) is 0 Å². The maximum absolute atomic E-state index is 12.8. The molecule has 5 aromatic rings. The Morgan fingerprint density at radius 1 is 1.03 bits per heavy atom. The van der Waals surface area contributed by atoms with Crippen molar-refractivity contribution >= 4 is 38.8 Å². The summed E-state index contributed by atoms with van der Waals surface area (Å²) in [6.07, 6.45) is 0. The molecule has 0 fully saturated rings. The molecule has 0 spiro atoms. The molecule has 2 heterocycles. The molecule has 1 N–H and O–H groups in total. The summed E-state index contributed by atoms with van der Waals surface area (Å²) in [5.41, 5.74) is 4.14. The number of hydrogen-bond donors (Lipinski definition) is 1. The van der Waals surface area contributed by atoms with Crippen LogP contribution in [0.3, 0.4) is 0 Å². The van der Waals surface area contributed by atoms with Gasteiger partial charge >= 0.3 is 5.63 Å². The summed E-state index contributed by atoms with van der Waals surface area (Å²) < 4.78 is 11.1. The van der Waals surface area contributed by atoms with E-state index in [0.29, 0.717) is 22.0 Å². The van der Waals surface area contributed by atoms with Gasteiger partial charge in [0.1, 0.15) is 11.3 Å². The molecular formula is C27H23N3O3S. The van der Waals surface area contributed by atoms with Gasteiger partial charge in [-0.2, -0.15) is 0 Å². The first-order valence-corrected chi connectivity index (χ1v) is 11.7. The number of benzene rings is 3. The van der Waals surface area contributed by atoms with Gasteiger partial charge in [0, 0.05) is 36.1 Å². The van der Waals surface area contributed by atoms with Crippen molar-refractivity contribution in [2.45, 2.75) is 6.54 Å². The molecule has 0 aliphatic carbocycles. The minimum atomic E-state index is -0.412. The predicted octanol–water partition coefficient (Wildman–Crippen LogP) is 6.31. The Morgan fingerprint density at radius 2 is 1.82 bits per heavy atom. The minimum Gasteiger partial charge on any atom is -0.495 e. The number of fused-ring (bicyclic) bond motifs is 1. The van der Waals surface area contributed by atoms with E-state index in [1.165, 1.54) is 16.9 Å². The van der Waals surface area contributed by atoms with E-state index in [1.807, 2.05) is 79.2 Å². The summed E-state index contributed by atoms with van der Waals surface area (Å²) in [5, 5.41) is 6.61. The fourth-order valence-corrected chi connectivity index (χ4v) is 4.51. The monoisotopic (exact) mass is 469 g/mol. The lowest BCUT2D eigenvalue weighted by Gasteiger charge is -2.19. The maximum atomic E-state index is 12.8. The second-order valence-electron chi connectivity index (χ2n) is 7.87. The summed E-state index contributed by atoms with van der Waals surface area (Å²) in [5.74, 6) is 0.720. The standard InChI is InChI=1S/C27H23N3O3S/c1-30(16-18-8-4-3-5-9-18)20-13-12-19-14-21(26(31)33-25(19)15-20)23-17-34-27(29-23)28-22-10-6-7-11-24(22)32-2/h3-15,17H,16H2,1-2H3,(H,28,29). The minimum absolute atomic E-state index is 0.412. The van der Waals surface area contributed by atoms with Gasteiger partial charge in [-0.25, -0.2) is 9.78 Å². The van der Waals surface area contributed by atoms with Crippen LogP contribution in [-0.2, 0) is 6.54 Å². The number of methoxy groups -OCH3 is 1. The van der Waals surface area contributed by atoms with Crippen LogP contribution < -0.4 is 20.6 Å². The van der Waals surface area contributed by atoms with Crippen molar-refractivity contribution in [1.29, 1.82) is 0 Å². The zero-order chi connectivity index (χ0) is 23.5. The Hall–Kier alpha value is -4.10. The molecule has 0 radical (unpaired) electrons. The molecule has 34 heavy (non-hydrogen) atoms. The Balaban J connectivity index is 1.40. The van der Waals surface area contributed by atoms with E-state index in [9.17, 15) is 4.79 Å². The van der Waals surface area contributed by atoms with Crippen molar-refractivity contribution in [1.82, 2.24) is 4.98 Å². The van der Waals surface area contributed by atoms with Crippen molar-refractivity contribution in [2.24, 2.45) is 0 Å². The maximum Gasteiger partial charge on any atom is 0.345 e. The number of nitrogens with one attached hydrogen (secondary N) is 1. The lowest BCUT2D eigenvalue weighted by Crippen LogP contribution is -2.16. The molecule has 170 valence electrons. The van der Waals surface area contributed by atoms with E-state index >= 15 is 0 Å². The Kier molecular flexibility index (Phi) is 6.01. The highest BCUT2D eigenvalue weighted by molar-refractivity contribution is 7.14. The Bertz CT molecular complexity index is 1490. The molecule has 7 heteroatoms. The van der Waals surface area contributed by atoms with E-state index < -0.39 is 5.63 Å². The molecule has 2 aromatic heterocycles. The van der Waals surface area contributed by atoms with Crippen LogP contribution in [0, 0.1) is 0 Å². The fourth-order valence-electron chi connectivity index (χ4n) is 3.78. The lowest BCUT2D eigenvalue weighted by atomic mass is 10.1. The topological polar surface area (TPSA) is 67.6 Å². The van der Waals surface area contributed by atoms with Crippen molar-refractivity contribution in [3.05, 3.63) is 100 Å². The highest BCUT2D eigenvalue weighted by Crippen LogP contribution is 2.31. The smallest absolute Gasteiger partial charge is 0.345 e. The second kappa shape index (κ2) is 9.41. The molecule has 0 amide bonds. The highest BCUT2D eigenvalue weighted by atomic mass is 32.1. The third-order valence-electron chi connectivity index (χ3n) is 5.55. The van der Waals surface area contributed by atoms with Gasteiger partial charge in [-0.3, -0.25) is 0 Å². The van der Waals surface area contributed by atoms with Crippen molar-refractivity contribution < 1.29 is 9.15 Å². The average Bonchev–Trinajstić information content (AvgIpc) is 3.32. The van der Waals surface area contributed by atoms with Crippen molar-refractivity contribution in [3.63, 3.8) is 0 Å². The number of ether oxygens (including phenoxy) is 1. The molecular weight excluding hydrogens is 446 g/mol. The lowest BCUT2D eigenvalue weighted by molar-refractivity contribution is 0.417. The van der Waals surface area contributed by atoms with Gasteiger partial charge in [-0.15, -0.1) is 11.3 Å². The van der Waals surface area contributed by atoms with Crippen LogP contribution in [0.4, 0.5) is 16.5 Å². The number of aromatic nitrogens is 1. The number of nitrogens with zero attached hydrogens (tertiary/aromatic N) is 2. The summed E-state index contributed by atoms with van der Waals surface area (Å²) in [4.78, 5) is 19.5. The van der Waals surface area contributed by atoms with Crippen LogP contribution in [0.25, 0.3) is 22.2 Å². The first-order chi connectivity index (χ1) is 16.6. The normalized spacial score (nSPS) is 10.9. The van der Waals surface area contributed by atoms with Crippen LogP contribution in [0.15, 0.2) is 93.5 Å². The molecule has 5 rings (SSSR count). The van der Waals surface area contributed by atoms with E-state index in [1.54, 1.807) is 7.11 Å². The van der Waals surface area contributed by atoms with Crippen LogP contribution in [0.2, 0.25) is 0 Å². The summed E-state index contributed by atoms with van der Waals surface area (Å²) in [7, 11) is 3.64. The number of rotatable bonds is 7. The van der Waals surface area contributed by atoms with E-state index in [-0.39, 0.29) is 0 Å². The molecule has 0 aliphatic rings. The molecule has 6 nitrogen and oxygen atoms in total. The second-order valence-corrected chi connectivity index (χ2v) is 8.73. The van der Waals surface area contributed by atoms with E-state index in [2.05, 4.69) is 27.3 Å². The largest absolute Gasteiger partial charge is 0.495 e. The molecule has 0 aliphatic heterocycles. The van der Waals surface area contributed by atoms with Gasteiger partial charge in [-0.05, 0) is 35.9 Å². The Morgan fingerprint density at radius 3 is 2.65 bits per heavy atom. The predicted molar refractivity (Wildman–Crippen MR) is 138 cm³/mol. The van der Waals surface area contributed by atoms with Gasteiger partial charge in [0.2, 0.25) is 0 Å².